The number of rotatable bonds is 5. The molecule has 0 aliphatic carbocycles. The van der Waals surface area contributed by atoms with Crippen LogP contribution in [0.4, 0.5) is 0 Å². The number of carbonyl (C=O) groups is 2. The molecule has 2 aliphatic heterocycles. The Balaban J connectivity index is 1.40. The molecule has 0 unspecified atom stereocenters. The van der Waals surface area contributed by atoms with Crippen LogP contribution in [0, 0.1) is 9.99 Å². The van der Waals surface area contributed by atoms with Crippen LogP contribution in [0.3, 0.4) is 0 Å². The number of primary amides is 1. The van der Waals surface area contributed by atoms with E-state index in [1.54, 1.807) is 12.5 Å². The van der Waals surface area contributed by atoms with E-state index >= 15 is 0 Å². The summed E-state index contributed by atoms with van der Waals surface area (Å²) in [4.78, 5) is 43.3. The third-order valence-corrected chi connectivity index (χ3v) is 7.25. The largest absolute Gasteiger partial charge is 0.417 e. The smallest absolute Gasteiger partial charge is 0.408 e. The first-order chi connectivity index (χ1) is 14.4. The summed E-state index contributed by atoms with van der Waals surface area (Å²) < 4.78 is 5.66. The molecule has 8 nitrogen and oxygen atoms in total. The number of halogens is 1. The fourth-order valence-electron chi connectivity index (χ4n) is 4.59. The van der Waals surface area contributed by atoms with Crippen molar-refractivity contribution in [3.8, 4) is 0 Å². The molecule has 1 aromatic carbocycles. The molecule has 9 heteroatoms. The molecule has 0 spiro atoms. The number of hydrogen-bond acceptors (Lipinski definition) is 5. The Kier molecular flexibility index (Phi) is 6.47. The quantitative estimate of drug-likeness (QED) is 0.581. The number of amides is 2. The van der Waals surface area contributed by atoms with Gasteiger partial charge in [0.25, 0.3) is 0 Å². The zero-order valence-corrected chi connectivity index (χ0v) is 18.9. The molecule has 4 rings (SSSR count). The maximum absolute atomic E-state index is 12.7. The summed E-state index contributed by atoms with van der Waals surface area (Å²) >= 11 is 1.97. The van der Waals surface area contributed by atoms with Crippen LogP contribution in [0.1, 0.15) is 48.0 Å². The van der Waals surface area contributed by atoms with Gasteiger partial charge in [-0.05, 0) is 79.4 Å². The molecule has 2 aliphatic rings. The van der Waals surface area contributed by atoms with E-state index in [1.165, 1.54) is 32.4 Å². The van der Waals surface area contributed by atoms with Crippen molar-refractivity contribution in [1.82, 2.24) is 14.8 Å². The Morgan fingerprint density at radius 2 is 1.90 bits per heavy atom. The normalized spacial score (nSPS) is 18.8. The molecule has 3 N–H and O–H groups in total. The molecule has 1 aromatic heterocycles. The number of likely N-dealkylation sites (tertiary alicyclic amines) is 2. The fourth-order valence-corrected chi connectivity index (χ4v) is 5.60. The minimum absolute atomic E-state index is 0.0341. The number of benzene rings is 1. The first-order valence-corrected chi connectivity index (χ1v) is 11.5. The highest BCUT2D eigenvalue weighted by Gasteiger charge is 2.28. The van der Waals surface area contributed by atoms with Crippen molar-refractivity contribution in [2.45, 2.75) is 44.6 Å². The van der Waals surface area contributed by atoms with Crippen molar-refractivity contribution in [2.75, 3.05) is 26.2 Å². The Hall–Kier alpha value is -1.88. The molecule has 1 radical (unpaired) electrons. The number of H-pyrrole nitrogens is 1. The van der Waals surface area contributed by atoms with Crippen LogP contribution < -0.4 is 11.5 Å². The molecule has 2 amide bonds. The molecule has 0 bridgehead atoms. The maximum atomic E-state index is 12.7. The monoisotopic (exact) mass is 525 g/mol. The fraction of sp³-hybridized carbons (Fsp3) is 0.524. The van der Waals surface area contributed by atoms with Gasteiger partial charge in [-0.15, -0.1) is 0 Å². The number of piperidine rings is 2. The minimum atomic E-state index is -0.596. The van der Waals surface area contributed by atoms with Crippen LogP contribution in [0.2, 0.25) is 0 Å². The van der Waals surface area contributed by atoms with E-state index in [0.29, 0.717) is 31.8 Å². The zero-order valence-electron chi connectivity index (χ0n) is 16.8. The molecular formula is C21H26IN4O4. The first-order valence-electron chi connectivity index (χ1n) is 10.4. The number of nitrogens with zero attached hydrogens (tertiary/aromatic N) is 2. The Morgan fingerprint density at radius 1 is 1.20 bits per heavy atom. The minimum Gasteiger partial charge on any atom is -0.408 e. The predicted molar refractivity (Wildman–Crippen MR) is 121 cm³/mol. The number of carbonyl (C=O) groups excluding carboxylic acids is 2. The summed E-state index contributed by atoms with van der Waals surface area (Å²) in [5, 5.41) is 0. The average Bonchev–Trinajstić information content (AvgIpc) is 3.13. The Bertz CT molecular complexity index is 1000. The van der Waals surface area contributed by atoms with Gasteiger partial charge in [0.2, 0.25) is 11.8 Å². The molecule has 2 fully saturated rings. The van der Waals surface area contributed by atoms with Crippen LogP contribution >= 0.6 is 22.6 Å². The van der Waals surface area contributed by atoms with Gasteiger partial charge in [-0.1, -0.05) is 6.42 Å². The summed E-state index contributed by atoms with van der Waals surface area (Å²) in [5.74, 6) is -1.22. The van der Waals surface area contributed by atoms with Gasteiger partial charge in [0.05, 0.1) is 15.6 Å². The molecule has 0 atom stereocenters. The van der Waals surface area contributed by atoms with E-state index in [-0.39, 0.29) is 12.3 Å². The second kappa shape index (κ2) is 9.09. The van der Waals surface area contributed by atoms with Gasteiger partial charge in [-0.3, -0.25) is 14.6 Å². The average molecular weight is 525 g/mol. The highest BCUT2D eigenvalue weighted by molar-refractivity contribution is 14.1. The van der Waals surface area contributed by atoms with Gasteiger partial charge in [0.15, 0.2) is 5.58 Å². The molecule has 161 valence electrons. The topological polar surface area (TPSA) is 113 Å². The first kappa shape index (κ1) is 21.4. The number of nitrogens with two attached hydrogens (primary N) is 1. The van der Waals surface area contributed by atoms with Crippen molar-refractivity contribution in [2.24, 2.45) is 5.73 Å². The molecule has 2 aromatic rings. The standard InChI is InChI=1S/C21H26IN4O4/c22-18-17(20(23)28)13(12-15-19(18)24-21(29)30-15)4-5-16(27)26-10-6-14(7-11-26)25-8-2-1-3-9-25/h5,12,14H,1-4,6-11H2,(H2,23,28)(H,24,29). The molecule has 2 saturated heterocycles. The molecule has 0 saturated carbocycles. The Labute approximate surface area is 188 Å². The van der Waals surface area contributed by atoms with Crippen molar-refractivity contribution in [3.05, 3.63) is 37.7 Å². The van der Waals surface area contributed by atoms with Crippen molar-refractivity contribution in [3.63, 3.8) is 0 Å². The van der Waals surface area contributed by atoms with Gasteiger partial charge in [-0.25, -0.2) is 4.79 Å². The zero-order chi connectivity index (χ0) is 21.3. The summed E-state index contributed by atoms with van der Waals surface area (Å²) in [6.45, 7) is 3.86. The number of hydrogen-bond donors (Lipinski definition) is 2. The van der Waals surface area contributed by atoms with Crippen molar-refractivity contribution >= 4 is 45.5 Å². The summed E-state index contributed by atoms with van der Waals surface area (Å²) in [6, 6.07) is 2.19. The summed E-state index contributed by atoms with van der Waals surface area (Å²) in [7, 11) is 0. The van der Waals surface area contributed by atoms with E-state index in [4.69, 9.17) is 10.2 Å². The number of fused-ring (bicyclic) bond motifs is 1. The van der Waals surface area contributed by atoms with E-state index < -0.39 is 11.7 Å². The lowest BCUT2D eigenvalue weighted by Gasteiger charge is -2.40. The van der Waals surface area contributed by atoms with Gasteiger partial charge in [0.1, 0.15) is 5.52 Å². The lowest BCUT2D eigenvalue weighted by molar-refractivity contribution is -0.129. The van der Waals surface area contributed by atoms with Crippen LogP contribution in [0.25, 0.3) is 11.1 Å². The van der Waals surface area contributed by atoms with Gasteiger partial charge in [-0.2, -0.15) is 0 Å². The van der Waals surface area contributed by atoms with Crippen LogP contribution in [0.15, 0.2) is 15.3 Å². The third-order valence-electron chi connectivity index (χ3n) is 6.17. The van der Waals surface area contributed by atoms with Crippen LogP contribution in [-0.2, 0) is 11.2 Å². The lowest BCUT2D eigenvalue weighted by Crippen LogP contribution is -2.48. The SMILES string of the molecule is NC(=O)c1c(C[CH]C(=O)N2CCC(N3CCCCC3)CC2)cc2oc(=O)[nH]c2c1I. The summed E-state index contributed by atoms with van der Waals surface area (Å²) in [6.07, 6.45) is 7.74. The maximum Gasteiger partial charge on any atom is 0.417 e. The highest BCUT2D eigenvalue weighted by Crippen LogP contribution is 2.27. The van der Waals surface area contributed by atoms with Gasteiger partial charge in [0, 0.05) is 19.1 Å². The molecular weight excluding hydrogens is 499 g/mol. The predicted octanol–water partition coefficient (Wildman–Crippen LogP) is 2.05. The van der Waals surface area contributed by atoms with Gasteiger partial charge < -0.3 is 20.0 Å². The number of nitrogens with one attached hydrogen (secondary N) is 1. The highest BCUT2D eigenvalue weighted by atomic mass is 127. The van der Waals surface area contributed by atoms with Crippen molar-refractivity contribution < 1.29 is 14.0 Å². The Morgan fingerprint density at radius 3 is 2.57 bits per heavy atom. The number of aromatic amines is 1. The van der Waals surface area contributed by atoms with Gasteiger partial charge >= 0.3 is 5.76 Å². The van der Waals surface area contributed by atoms with Crippen molar-refractivity contribution in [1.29, 1.82) is 0 Å². The second-order valence-electron chi connectivity index (χ2n) is 8.04. The third kappa shape index (κ3) is 4.41. The summed E-state index contributed by atoms with van der Waals surface area (Å²) in [5.41, 5.74) is 7.27. The van der Waals surface area contributed by atoms with Crippen LogP contribution in [0.5, 0.6) is 0 Å². The van der Waals surface area contributed by atoms with E-state index in [9.17, 15) is 14.4 Å². The van der Waals surface area contributed by atoms with Crippen LogP contribution in [-0.4, -0.2) is 58.8 Å². The lowest BCUT2D eigenvalue weighted by atomic mass is 9.98. The van der Waals surface area contributed by atoms with E-state index in [1.807, 2.05) is 27.5 Å². The second-order valence-corrected chi connectivity index (χ2v) is 9.12. The number of aromatic nitrogens is 1. The van der Waals surface area contributed by atoms with E-state index in [0.717, 1.165) is 25.9 Å². The number of oxazole rings is 1. The molecule has 30 heavy (non-hydrogen) atoms. The molecule has 3 heterocycles. The van der Waals surface area contributed by atoms with E-state index in [2.05, 4.69) is 9.88 Å².